The maximum Gasteiger partial charge on any atom is 0.287 e. The van der Waals surface area contributed by atoms with Crippen molar-refractivity contribution in [1.82, 2.24) is 4.98 Å². The van der Waals surface area contributed by atoms with Gasteiger partial charge in [0.15, 0.2) is 5.75 Å². The molecule has 0 spiro atoms. The lowest BCUT2D eigenvalue weighted by Crippen LogP contribution is -1.98. The summed E-state index contributed by atoms with van der Waals surface area (Å²) in [5.41, 5.74) is 3.90. The van der Waals surface area contributed by atoms with E-state index >= 15 is 0 Å². The number of ether oxygens (including phenoxy) is 1. The molecule has 1 N–H and O–H groups in total. The van der Waals surface area contributed by atoms with E-state index in [1.807, 2.05) is 0 Å². The summed E-state index contributed by atoms with van der Waals surface area (Å²) in [6.45, 7) is 0.181. The number of anilines is 1. The molecular formula is C19H13Cl2FN4O3. The first-order chi connectivity index (χ1) is 13.9. The van der Waals surface area contributed by atoms with Crippen molar-refractivity contribution in [3.8, 4) is 5.75 Å². The molecule has 7 nitrogen and oxygen atoms in total. The molecule has 148 valence electrons. The number of nitrogens with zero attached hydrogens (tertiary/aromatic N) is 3. The van der Waals surface area contributed by atoms with Crippen molar-refractivity contribution >= 4 is 40.9 Å². The van der Waals surface area contributed by atoms with Crippen LogP contribution in [0.15, 0.2) is 59.8 Å². The first-order valence-corrected chi connectivity index (χ1v) is 8.94. The summed E-state index contributed by atoms with van der Waals surface area (Å²) in [6, 6.07) is 11.9. The number of rotatable bonds is 7. The van der Waals surface area contributed by atoms with E-state index in [9.17, 15) is 14.5 Å². The van der Waals surface area contributed by atoms with Gasteiger partial charge >= 0.3 is 0 Å². The molecule has 0 radical (unpaired) electrons. The molecule has 0 amide bonds. The molecule has 0 bridgehead atoms. The number of nitrogens with one attached hydrogen (secondary N) is 1. The van der Waals surface area contributed by atoms with Crippen LogP contribution in [0.5, 0.6) is 5.75 Å². The Morgan fingerprint density at radius 3 is 2.45 bits per heavy atom. The highest BCUT2D eigenvalue weighted by molar-refractivity contribution is 6.37. The van der Waals surface area contributed by atoms with Crippen LogP contribution in [-0.4, -0.2) is 16.1 Å². The molecule has 1 heterocycles. The number of hydrogen-bond donors (Lipinski definition) is 1. The van der Waals surface area contributed by atoms with Gasteiger partial charge in [0.1, 0.15) is 24.4 Å². The van der Waals surface area contributed by atoms with Crippen LogP contribution in [0.1, 0.15) is 11.1 Å². The fourth-order valence-electron chi connectivity index (χ4n) is 2.26. The normalized spacial score (nSPS) is 10.9. The average Bonchev–Trinajstić information content (AvgIpc) is 2.69. The third-order valence-electron chi connectivity index (χ3n) is 3.67. The molecule has 0 aliphatic rings. The van der Waals surface area contributed by atoms with Crippen molar-refractivity contribution in [3.63, 3.8) is 0 Å². The third kappa shape index (κ3) is 5.63. The standard InChI is InChI=1S/C19H13Cl2FN4O3/c20-16-7-13(9-24-25-18-6-5-15(10-23-18)26(27)28)8-17(21)19(16)29-11-12-1-3-14(22)4-2-12/h1-10H,11H2,(H,23,25). The topological polar surface area (TPSA) is 89.7 Å². The molecule has 0 unspecified atom stereocenters. The molecule has 3 aromatic rings. The Morgan fingerprint density at radius 1 is 1.17 bits per heavy atom. The van der Waals surface area contributed by atoms with E-state index in [0.29, 0.717) is 17.1 Å². The zero-order chi connectivity index (χ0) is 20.8. The monoisotopic (exact) mass is 434 g/mol. The van der Waals surface area contributed by atoms with E-state index < -0.39 is 4.92 Å². The Bertz CT molecular complexity index is 1020. The molecular weight excluding hydrogens is 422 g/mol. The molecule has 29 heavy (non-hydrogen) atoms. The minimum atomic E-state index is -0.538. The van der Waals surface area contributed by atoms with Gasteiger partial charge in [-0.3, -0.25) is 15.5 Å². The second kappa shape index (κ2) is 9.31. The Hall–Kier alpha value is -3.23. The van der Waals surface area contributed by atoms with Crippen LogP contribution in [0.3, 0.4) is 0 Å². The molecule has 0 saturated heterocycles. The lowest BCUT2D eigenvalue weighted by Gasteiger charge is -2.11. The van der Waals surface area contributed by atoms with E-state index in [2.05, 4.69) is 15.5 Å². The minimum absolute atomic E-state index is 0.116. The molecule has 0 saturated carbocycles. The van der Waals surface area contributed by atoms with E-state index in [4.69, 9.17) is 27.9 Å². The lowest BCUT2D eigenvalue weighted by atomic mass is 10.2. The van der Waals surface area contributed by atoms with E-state index in [1.165, 1.54) is 30.5 Å². The number of hydrazone groups is 1. The van der Waals surface area contributed by atoms with E-state index in [1.54, 1.807) is 24.3 Å². The Kier molecular flexibility index (Phi) is 6.58. The maximum absolute atomic E-state index is 13.0. The van der Waals surface area contributed by atoms with Crippen LogP contribution >= 0.6 is 23.2 Å². The SMILES string of the molecule is O=[N+]([O-])c1ccc(NN=Cc2cc(Cl)c(OCc3ccc(F)cc3)c(Cl)c2)nc1. The predicted molar refractivity (Wildman–Crippen MR) is 109 cm³/mol. The maximum atomic E-state index is 13.0. The number of halogens is 3. The number of benzene rings is 2. The van der Waals surface area contributed by atoms with Crippen molar-refractivity contribution in [1.29, 1.82) is 0 Å². The highest BCUT2D eigenvalue weighted by Gasteiger charge is 2.10. The van der Waals surface area contributed by atoms with Gasteiger partial charge in [-0.1, -0.05) is 35.3 Å². The van der Waals surface area contributed by atoms with Crippen LogP contribution in [0, 0.1) is 15.9 Å². The second-order valence-corrected chi connectivity index (χ2v) is 6.57. The highest BCUT2D eigenvalue weighted by Crippen LogP contribution is 2.34. The Morgan fingerprint density at radius 2 is 1.86 bits per heavy atom. The van der Waals surface area contributed by atoms with Crippen molar-refractivity contribution < 1.29 is 14.1 Å². The zero-order valence-corrected chi connectivity index (χ0v) is 16.2. The molecule has 0 aliphatic heterocycles. The summed E-state index contributed by atoms with van der Waals surface area (Å²) in [4.78, 5) is 13.9. The molecule has 3 rings (SSSR count). The van der Waals surface area contributed by atoms with Gasteiger partial charge in [-0.25, -0.2) is 9.37 Å². The quantitative estimate of drug-likeness (QED) is 0.302. The molecule has 0 aliphatic carbocycles. The molecule has 2 aromatic carbocycles. The number of pyridine rings is 1. The van der Waals surface area contributed by atoms with E-state index in [-0.39, 0.29) is 28.2 Å². The van der Waals surface area contributed by atoms with Crippen molar-refractivity contribution in [3.05, 3.63) is 91.8 Å². The summed E-state index contributed by atoms with van der Waals surface area (Å²) in [5.74, 6) is 0.314. The summed E-state index contributed by atoms with van der Waals surface area (Å²) in [7, 11) is 0. The first-order valence-electron chi connectivity index (χ1n) is 8.18. The Balaban J connectivity index is 1.64. The predicted octanol–water partition coefficient (Wildman–Crippen LogP) is 5.46. The van der Waals surface area contributed by atoms with Crippen molar-refractivity contribution in [2.45, 2.75) is 6.61 Å². The fraction of sp³-hybridized carbons (Fsp3) is 0.0526. The molecule has 0 fully saturated rings. The van der Waals surface area contributed by atoms with Gasteiger partial charge in [-0.15, -0.1) is 0 Å². The van der Waals surface area contributed by atoms with Crippen molar-refractivity contribution in [2.24, 2.45) is 5.10 Å². The molecule has 1 aromatic heterocycles. The second-order valence-electron chi connectivity index (χ2n) is 5.76. The average molecular weight is 435 g/mol. The fourth-order valence-corrected chi connectivity index (χ4v) is 2.87. The van der Waals surface area contributed by atoms with Crippen LogP contribution in [0.4, 0.5) is 15.9 Å². The first kappa shape index (κ1) is 20.5. The van der Waals surface area contributed by atoms with Crippen LogP contribution in [-0.2, 0) is 6.61 Å². The van der Waals surface area contributed by atoms with Crippen LogP contribution in [0.2, 0.25) is 10.0 Å². The number of aromatic nitrogens is 1. The van der Waals surface area contributed by atoms with Gasteiger partial charge < -0.3 is 4.74 Å². The van der Waals surface area contributed by atoms with Gasteiger partial charge in [0, 0.05) is 6.07 Å². The summed E-state index contributed by atoms with van der Waals surface area (Å²) in [5, 5.41) is 15.2. The summed E-state index contributed by atoms with van der Waals surface area (Å²) in [6.07, 6.45) is 2.59. The number of hydrogen-bond acceptors (Lipinski definition) is 6. The lowest BCUT2D eigenvalue weighted by molar-refractivity contribution is -0.385. The largest absolute Gasteiger partial charge is 0.486 e. The van der Waals surface area contributed by atoms with Gasteiger partial charge in [0.25, 0.3) is 5.69 Å². The molecule has 10 heteroatoms. The summed E-state index contributed by atoms with van der Waals surface area (Å²) < 4.78 is 18.6. The third-order valence-corrected chi connectivity index (χ3v) is 4.23. The zero-order valence-electron chi connectivity index (χ0n) is 14.7. The van der Waals surface area contributed by atoms with Crippen LogP contribution < -0.4 is 10.2 Å². The minimum Gasteiger partial charge on any atom is -0.486 e. The Labute approximate surface area is 174 Å². The van der Waals surface area contributed by atoms with Gasteiger partial charge in [0.05, 0.1) is 21.2 Å². The van der Waals surface area contributed by atoms with Gasteiger partial charge in [0.2, 0.25) is 0 Å². The van der Waals surface area contributed by atoms with Gasteiger partial charge in [-0.2, -0.15) is 5.10 Å². The molecule has 0 atom stereocenters. The summed E-state index contributed by atoms with van der Waals surface area (Å²) >= 11 is 12.5. The number of nitro groups is 1. The van der Waals surface area contributed by atoms with Gasteiger partial charge in [-0.05, 0) is 41.5 Å². The highest BCUT2D eigenvalue weighted by atomic mass is 35.5. The smallest absolute Gasteiger partial charge is 0.287 e. The van der Waals surface area contributed by atoms with E-state index in [0.717, 1.165) is 11.8 Å². The van der Waals surface area contributed by atoms with Crippen LogP contribution in [0.25, 0.3) is 0 Å². The van der Waals surface area contributed by atoms with Crippen molar-refractivity contribution in [2.75, 3.05) is 5.43 Å².